The fraction of sp³-hybridized carbons (Fsp3) is 0.643. The monoisotopic (exact) mass is 251 g/mol. The fourth-order valence-corrected chi connectivity index (χ4v) is 2.58. The maximum Gasteiger partial charge on any atom is 0.371 e. The highest BCUT2D eigenvalue weighted by atomic mass is 16.4. The Balaban J connectivity index is 1.63. The van der Waals surface area contributed by atoms with Gasteiger partial charge in [0.2, 0.25) is 5.76 Å². The first-order chi connectivity index (χ1) is 8.75. The van der Waals surface area contributed by atoms with E-state index in [1.807, 2.05) is 0 Å². The van der Waals surface area contributed by atoms with E-state index in [0.29, 0.717) is 12.3 Å². The summed E-state index contributed by atoms with van der Waals surface area (Å²) in [4.78, 5) is 10.6. The Morgan fingerprint density at radius 1 is 1.33 bits per heavy atom. The third-order valence-corrected chi connectivity index (χ3v) is 3.63. The molecule has 0 aromatic carbocycles. The van der Waals surface area contributed by atoms with E-state index in [1.54, 1.807) is 6.07 Å². The molecule has 18 heavy (non-hydrogen) atoms. The predicted octanol–water partition coefficient (Wildman–Crippen LogP) is 3.04. The van der Waals surface area contributed by atoms with Crippen LogP contribution in [-0.4, -0.2) is 17.6 Å². The van der Waals surface area contributed by atoms with E-state index in [9.17, 15) is 4.79 Å². The Labute approximate surface area is 107 Å². The quantitative estimate of drug-likeness (QED) is 0.763. The molecule has 2 N–H and O–H groups in total. The van der Waals surface area contributed by atoms with E-state index in [-0.39, 0.29) is 5.76 Å². The van der Waals surface area contributed by atoms with E-state index in [2.05, 4.69) is 5.32 Å². The molecular formula is C14H21NO3. The van der Waals surface area contributed by atoms with Crippen molar-refractivity contribution in [3.05, 3.63) is 23.7 Å². The number of hydrogen-bond donors (Lipinski definition) is 2. The number of carboxylic acid groups (broad SMARTS) is 1. The van der Waals surface area contributed by atoms with Gasteiger partial charge in [-0.3, -0.25) is 0 Å². The van der Waals surface area contributed by atoms with Gasteiger partial charge in [-0.1, -0.05) is 32.1 Å². The number of carboxylic acids is 1. The fourth-order valence-electron chi connectivity index (χ4n) is 2.58. The Hall–Kier alpha value is -1.29. The lowest BCUT2D eigenvalue weighted by Crippen LogP contribution is -2.18. The van der Waals surface area contributed by atoms with E-state index < -0.39 is 5.97 Å². The Bertz CT molecular complexity index is 380. The van der Waals surface area contributed by atoms with Crippen LogP contribution in [0, 0.1) is 5.92 Å². The first-order valence-corrected chi connectivity index (χ1v) is 6.78. The van der Waals surface area contributed by atoms with Crippen molar-refractivity contribution in [1.29, 1.82) is 0 Å². The van der Waals surface area contributed by atoms with Crippen molar-refractivity contribution in [2.24, 2.45) is 5.92 Å². The van der Waals surface area contributed by atoms with Gasteiger partial charge in [0, 0.05) is 0 Å². The molecule has 1 saturated carbocycles. The van der Waals surface area contributed by atoms with Gasteiger partial charge in [0.15, 0.2) is 0 Å². The molecule has 0 aliphatic heterocycles. The predicted molar refractivity (Wildman–Crippen MR) is 68.6 cm³/mol. The second-order valence-corrected chi connectivity index (χ2v) is 5.04. The van der Waals surface area contributed by atoms with Crippen molar-refractivity contribution >= 4 is 5.97 Å². The van der Waals surface area contributed by atoms with Crippen LogP contribution in [0.2, 0.25) is 0 Å². The molecule has 0 spiro atoms. The Morgan fingerprint density at radius 3 is 2.78 bits per heavy atom. The lowest BCUT2D eigenvalue weighted by atomic mass is 9.87. The second-order valence-electron chi connectivity index (χ2n) is 5.04. The Morgan fingerprint density at radius 2 is 2.11 bits per heavy atom. The minimum atomic E-state index is -1.01. The zero-order valence-electron chi connectivity index (χ0n) is 10.7. The molecule has 4 heteroatoms. The van der Waals surface area contributed by atoms with Crippen molar-refractivity contribution in [3.8, 4) is 0 Å². The van der Waals surface area contributed by atoms with Crippen LogP contribution >= 0.6 is 0 Å². The summed E-state index contributed by atoms with van der Waals surface area (Å²) in [5.41, 5.74) is 0. The molecule has 4 nitrogen and oxygen atoms in total. The summed E-state index contributed by atoms with van der Waals surface area (Å²) in [6, 6.07) is 3.22. The van der Waals surface area contributed by atoms with E-state index in [0.717, 1.165) is 12.5 Å². The van der Waals surface area contributed by atoms with Crippen molar-refractivity contribution in [1.82, 2.24) is 5.32 Å². The van der Waals surface area contributed by atoms with Crippen molar-refractivity contribution in [2.45, 2.75) is 45.1 Å². The van der Waals surface area contributed by atoms with Crippen LogP contribution in [0.3, 0.4) is 0 Å². The standard InChI is InChI=1S/C14H21NO3/c16-14(17)13-7-6-12(18-13)10-15-9-8-11-4-2-1-3-5-11/h6-7,11,15H,1-5,8-10H2,(H,16,17). The van der Waals surface area contributed by atoms with Crippen LogP contribution in [0.1, 0.15) is 54.8 Å². The molecule has 1 aliphatic carbocycles. The third kappa shape index (κ3) is 3.88. The maximum atomic E-state index is 10.6. The summed E-state index contributed by atoms with van der Waals surface area (Å²) in [5.74, 6) is 0.566. The highest BCUT2D eigenvalue weighted by molar-refractivity contribution is 5.84. The lowest BCUT2D eigenvalue weighted by molar-refractivity contribution is 0.0660. The largest absolute Gasteiger partial charge is 0.475 e. The van der Waals surface area contributed by atoms with Crippen LogP contribution in [-0.2, 0) is 6.54 Å². The number of furan rings is 1. The molecule has 0 atom stereocenters. The van der Waals surface area contributed by atoms with Gasteiger partial charge in [0.25, 0.3) is 0 Å². The average Bonchev–Trinajstić information content (AvgIpc) is 2.85. The maximum absolute atomic E-state index is 10.6. The topological polar surface area (TPSA) is 62.5 Å². The summed E-state index contributed by atoms with van der Waals surface area (Å²) in [7, 11) is 0. The highest BCUT2D eigenvalue weighted by Gasteiger charge is 2.13. The van der Waals surface area contributed by atoms with Crippen LogP contribution in [0.4, 0.5) is 0 Å². The first kappa shape index (κ1) is 13.1. The number of hydrogen-bond acceptors (Lipinski definition) is 3. The molecule has 100 valence electrons. The molecule has 0 unspecified atom stereocenters. The van der Waals surface area contributed by atoms with Gasteiger partial charge in [0.05, 0.1) is 6.54 Å². The summed E-state index contributed by atoms with van der Waals surface area (Å²) >= 11 is 0. The van der Waals surface area contributed by atoms with Crippen molar-refractivity contribution in [3.63, 3.8) is 0 Å². The molecule has 1 aromatic rings. The number of carbonyl (C=O) groups is 1. The summed E-state index contributed by atoms with van der Waals surface area (Å²) in [6.07, 6.45) is 8.10. The average molecular weight is 251 g/mol. The van der Waals surface area contributed by atoms with Crippen molar-refractivity contribution < 1.29 is 14.3 Å². The minimum absolute atomic E-state index is 0.0130. The molecule has 0 saturated heterocycles. The van der Waals surface area contributed by atoms with E-state index >= 15 is 0 Å². The van der Waals surface area contributed by atoms with Gasteiger partial charge >= 0.3 is 5.97 Å². The minimum Gasteiger partial charge on any atom is -0.475 e. The van der Waals surface area contributed by atoms with Crippen LogP contribution in [0.5, 0.6) is 0 Å². The molecule has 1 heterocycles. The van der Waals surface area contributed by atoms with E-state index in [4.69, 9.17) is 9.52 Å². The first-order valence-electron chi connectivity index (χ1n) is 6.78. The molecule has 2 rings (SSSR count). The van der Waals surface area contributed by atoms with Gasteiger partial charge in [-0.25, -0.2) is 4.79 Å². The molecule has 1 aliphatic rings. The van der Waals surface area contributed by atoms with Crippen LogP contribution in [0.25, 0.3) is 0 Å². The summed E-state index contributed by atoms with van der Waals surface area (Å²) < 4.78 is 5.18. The summed E-state index contributed by atoms with van der Waals surface area (Å²) in [5, 5.41) is 12.0. The van der Waals surface area contributed by atoms with Gasteiger partial charge < -0.3 is 14.8 Å². The van der Waals surface area contributed by atoms with Gasteiger partial charge in [-0.05, 0) is 31.0 Å². The SMILES string of the molecule is O=C(O)c1ccc(CNCCC2CCCCC2)o1. The van der Waals surface area contributed by atoms with Gasteiger partial charge in [0.1, 0.15) is 5.76 Å². The smallest absolute Gasteiger partial charge is 0.371 e. The zero-order chi connectivity index (χ0) is 12.8. The third-order valence-electron chi connectivity index (χ3n) is 3.63. The summed E-state index contributed by atoms with van der Waals surface area (Å²) in [6.45, 7) is 1.59. The van der Waals surface area contributed by atoms with Crippen LogP contribution < -0.4 is 5.32 Å². The van der Waals surface area contributed by atoms with Gasteiger partial charge in [-0.2, -0.15) is 0 Å². The van der Waals surface area contributed by atoms with Gasteiger partial charge in [-0.15, -0.1) is 0 Å². The van der Waals surface area contributed by atoms with Crippen molar-refractivity contribution in [2.75, 3.05) is 6.54 Å². The normalized spacial score (nSPS) is 16.9. The molecule has 0 bridgehead atoms. The number of aromatic carboxylic acids is 1. The van der Waals surface area contributed by atoms with Crippen LogP contribution in [0.15, 0.2) is 16.5 Å². The highest BCUT2D eigenvalue weighted by Crippen LogP contribution is 2.25. The second kappa shape index (κ2) is 6.59. The molecule has 0 radical (unpaired) electrons. The Kier molecular flexibility index (Phi) is 4.81. The molecule has 0 amide bonds. The number of rotatable bonds is 6. The number of nitrogens with one attached hydrogen (secondary N) is 1. The lowest BCUT2D eigenvalue weighted by Gasteiger charge is -2.21. The zero-order valence-corrected chi connectivity index (χ0v) is 10.7. The molecular weight excluding hydrogens is 230 g/mol. The van der Waals surface area contributed by atoms with E-state index in [1.165, 1.54) is 44.6 Å². The molecule has 1 aromatic heterocycles. The molecule has 1 fully saturated rings.